The van der Waals surface area contributed by atoms with Gasteiger partial charge in [-0.25, -0.2) is 9.97 Å². The molecule has 3 N–H and O–H groups in total. The number of carbonyl (C=O) groups excluding carboxylic acids is 1. The third kappa shape index (κ3) is 5.84. The van der Waals surface area contributed by atoms with Crippen molar-refractivity contribution >= 4 is 34.2 Å². The normalized spacial score (nSPS) is 10.7. The molecule has 0 radical (unpaired) electrons. The molecule has 32 heavy (non-hydrogen) atoms. The van der Waals surface area contributed by atoms with E-state index in [9.17, 15) is 4.79 Å². The van der Waals surface area contributed by atoms with Crippen LogP contribution in [-0.4, -0.2) is 27.5 Å². The van der Waals surface area contributed by atoms with E-state index in [1.165, 1.54) is 5.56 Å². The van der Waals surface area contributed by atoms with Gasteiger partial charge >= 0.3 is 0 Å². The molecule has 0 spiro atoms. The van der Waals surface area contributed by atoms with E-state index in [2.05, 4.69) is 46.9 Å². The van der Waals surface area contributed by atoms with Gasteiger partial charge in [0, 0.05) is 24.9 Å². The fraction of sp³-hybridized carbons (Fsp3) is 0.346. The van der Waals surface area contributed by atoms with Crippen LogP contribution in [0, 0.1) is 6.92 Å². The first kappa shape index (κ1) is 23.3. The average Bonchev–Trinajstić information content (AvgIpc) is 3.18. The standard InChI is InChI=1S/C19H25N5O.C7H8/c1-2-3-10-16-23-17-18(24(16)12-7-6-11-21-13-25)14-8-4-5-9-15(14)22-19(17)20;1-7-5-3-2-4-6-7/h4-5,8-9,13H,2-3,6-7,10-12H2,1H3,(H2,20,22)(H,21,25);2-6H,1H3. The molecule has 0 aliphatic carbocycles. The molecule has 0 unspecified atom stereocenters. The molecule has 0 atom stereocenters. The molecule has 2 heterocycles. The van der Waals surface area contributed by atoms with Gasteiger partial charge in [0.05, 0.1) is 11.0 Å². The number of amides is 1. The lowest BCUT2D eigenvalue weighted by molar-refractivity contribution is -0.109. The summed E-state index contributed by atoms with van der Waals surface area (Å²) in [5, 5.41) is 3.81. The van der Waals surface area contributed by atoms with Gasteiger partial charge < -0.3 is 15.6 Å². The molecule has 1 amide bonds. The average molecular weight is 432 g/mol. The third-order valence-electron chi connectivity index (χ3n) is 5.42. The second kappa shape index (κ2) is 11.8. The smallest absolute Gasteiger partial charge is 0.207 e. The summed E-state index contributed by atoms with van der Waals surface area (Å²) in [6.07, 6.45) is 5.82. The second-order valence-corrected chi connectivity index (χ2v) is 7.93. The summed E-state index contributed by atoms with van der Waals surface area (Å²) in [6.45, 7) is 5.83. The van der Waals surface area contributed by atoms with Crippen LogP contribution >= 0.6 is 0 Å². The molecule has 2 aromatic carbocycles. The van der Waals surface area contributed by atoms with E-state index >= 15 is 0 Å². The Bertz CT molecular complexity index is 1140. The van der Waals surface area contributed by atoms with Crippen molar-refractivity contribution in [2.75, 3.05) is 12.3 Å². The number of para-hydroxylation sites is 1. The Morgan fingerprint density at radius 2 is 1.75 bits per heavy atom. The summed E-state index contributed by atoms with van der Waals surface area (Å²) in [7, 11) is 0. The van der Waals surface area contributed by atoms with Crippen molar-refractivity contribution in [3.8, 4) is 0 Å². The molecular weight excluding hydrogens is 398 g/mol. The molecule has 0 bridgehead atoms. The largest absolute Gasteiger partial charge is 0.382 e. The number of nitrogens with one attached hydrogen (secondary N) is 1. The number of pyridine rings is 1. The number of anilines is 1. The maximum atomic E-state index is 10.4. The molecule has 0 aliphatic heterocycles. The van der Waals surface area contributed by atoms with Crippen LogP contribution < -0.4 is 11.1 Å². The van der Waals surface area contributed by atoms with Gasteiger partial charge in [0.15, 0.2) is 5.82 Å². The van der Waals surface area contributed by atoms with Crippen molar-refractivity contribution in [3.63, 3.8) is 0 Å². The van der Waals surface area contributed by atoms with Crippen molar-refractivity contribution in [1.82, 2.24) is 19.9 Å². The van der Waals surface area contributed by atoms with Gasteiger partial charge in [-0.3, -0.25) is 4.79 Å². The van der Waals surface area contributed by atoms with Crippen LogP contribution in [0.2, 0.25) is 0 Å². The maximum absolute atomic E-state index is 10.4. The number of nitrogen functional groups attached to an aromatic ring is 1. The summed E-state index contributed by atoms with van der Waals surface area (Å²) in [6, 6.07) is 18.3. The summed E-state index contributed by atoms with van der Waals surface area (Å²) in [4.78, 5) is 19.7. The molecule has 0 aliphatic rings. The van der Waals surface area contributed by atoms with Gasteiger partial charge in [-0.2, -0.15) is 0 Å². The lowest BCUT2D eigenvalue weighted by Gasteiger charge is -2.11. The van der Waals surface area contributed by atoms with Crippen molar-refractivity contribution in [1.29, 1.82) is 0 Å². The van der Waals surface area contributed by atoms with Gasteiger partial charge in [-0.1, -0.05) is 67.4 Å². The zero-order valence-electron chi connectivity index (χ0n) is 19.1. The number of nitrogens with zero attached hydrogens (tertiary/aromatic N) is 3. The highest BCUT2D eigenvalue weighted by Crippen LogP contribution is 2.29. The van der Waals surface area contributed by atoms with Gasteiger partial charge in [-0.15, -0.1) is 0 Å². The van der Waals surface area contributed by atoms with E-state index in [4.69, 9.17) is 10.7 Å². The van der Waals surface area contributed by atoms with Crippen molar-refractivity contribution in [2.24, 2.45) is 0 Å². The zero-order chi connectivity index (χ0) is 22.8. The van der Waals surface area contributed by atoms with Crippen LogP contribution in [0.15, 0.2) is 54.6 Å². The Labute approximate surface area is 189 Å². The van der Waals surface area contributed by atoms with Gasteiger partial charge in [0.25, 0.3) is 0 Å². The Balaban J connectivity index is 0.000000352. The van der Waals surface area contributed by atoms with Gasteiger partial charge in [0.2, 0.25) is 6.41 Å². The monoisotopic (exact) mass is 431 g/mol. The molecular formula is C26H33N5O. The van der Waals surface area contributed by atoms with Crippen molar-refractivity contribution < 1.29 is 4.79 Å². The van der Waals surface area contributed by atoms with E-state index in [1.54, 1.807) is 0 Å². The number of carbonyl (C=O) groups is 1. The number of rotatable bonds is 9. The number of fused-ring (bicyclic) bond motifs is 3. The Morgan fingerprint density at radius 3 is 2.44 bits per heavy atom. The Hall–Kier alpha value is -3.41. The highest BCUT2D eigenvalue weighted by molar-refractivity contribution is 6.06. The van der Waals surface area contributed by atoms with E-state index in [-0.39, 0.29) is 0 Å². The number of aryl methyl sites for hydroxylation is 3. The maximum Gasteiger partial charge on any atom is 0.207 e. The van der Waals surface area contributed by atoms with Crippen molar-refractivity contribution in [2.45, 2.75) is 52.5 Å². The fourth-order valence-electron chi connectivity index (χ4n) is 3.76. The zero-order valence-corrected chi connectivity index (χ0v) is 19.1. The van der Waals surface area contributed by atoms with Gasteiger partial charge in [-0.05, 0) is 32.3 Å². The molecule has 6 nitrogen and oxygen atoms in total. The Morgan fingerprint density at radius 1 is 1.00 bits per heavy atom. The minimum atomic E-state index is 0.493. The first-order valence-electron chi connectivity index (χ1n) is 11.4. The highest BCUT2D eigenvalue weighted by atomic mass is 16.1. The summed E-state index contributed by atoms with van der Waals surface area (Å²) in [5.41, 5.74) is 10.3. The van der Waals surface area contributed by atoms with Crippen LogP contribution in [0.4, 0.5) is 5.82 Å². The highest BCUT2D eigenvalue weighted by Gasteiger charge is 2.16. The topological polar surface area (TPSA) is 85.8 Å². The molecule has 168 valence electrons. The minimum Gasteiger partial charge on any atom is -0.382 e. The lowest BCUT2D eigenvalue weighted by Crippen LogP contribution is -2.13. The van der Waals surface area contributed by atoms with Crippen LogP contribution in [0.1, 0.15) is 44.0 Å². The van der Waals surface area contributed by atoms with Crippen LogP contribution in [0.5, 0.6) is 0 Å². The quantitative estimate of drug-likeness (QED) is 0.287. The molecule has 2 aromatic heterocycles. The molecule has 0 saturated carbocycles. The first-order valence-corrected chi connectivity index (χ1v) is 11.4. The SMILES string of the molecule is CCCCc1nc2c(N)nc3ccccc3c2n1CCCCNC=O.Cc1ccccc1. The summed E-state index contributed by atoms with van der Waals surface area (Å²) < 4.78 is 2.30. The summed E-state index contributed by atoms with van der Waals surface area (Å²) >= 11 is 0. The van der Waals surface area contributed by atoms with Crippen LogP contribution in [0.3, 0.4) is 0 Å². The number of imidazole rings is 1. The molecule has 0 saturated heterocycles. The number of aromatic nitrogens is 3. The predicted octanol–water partition coefficient (Wildman–Crippen LogP) is 5.03. The van der Waals surface area contributed by atoms with E-state index in [1.807, 2.05) is 36.4 Å². The lowest BCUT2D eigenvalue weighted by atomic mass is 10.2. The number of unbranched alkanes of at least 4 members (excludes halogenated alkanes) is 2. The van der Waals surface area contributed by atoms with Crippen LogP contribution in [0.25, 0.3) is 21.9 Å². The molecule has 4 rings (SSSR count). The Kier molecular flexibility index (Phi) is 8.61. The van der Waals surface area contributed by atoms with Gasteiger partial charge in [0.1, 0.15) is 11.3 Å². The predicted molar refractivity (Wildman–Crippen MR) is 133 cm³/mol. The number of nitrogens with two attached hydrogens (primary N) is 1. The summed E-state index contributed by atoms with van der Waals surface area (Å²) in [5.74, 6) is 1.57. The third-order valence-corrected chi connectivity index (χ3v) is 5.42. The second-order valence-electron chi connectivity index (χ2n) is 7.93. The fourth-order valence-corrected chi connectivity index (χ4v) is 3.76. The molecule has 6 heteroatoms. The number of hydrogen-bond acceptors (Lipinski definition) is 4. The first-order chi connectivity index (χ1) is 15.7. The van der Waals surface area contributed by atoms with Crippen molar-refractivity contribution in [3.05, 3.63) is 66.0 Å². The van der Waals surface area contributed by atoms with E-state index < -0.39 is 0 Å². The molecule has 0 fully saturated rings. The molecule has 4 aromatic rings. The van der Waals surface area contributed by atoms with E-state index in [0.29, 0.717) is 12.4 Å². The van der Waals surface area contributed by atoms with E-state index in [0.717, 1.165) is 72.8 Å². The minimum absolute atomic E-state index is 0.493. The van der Waals surface area contributed by atoms with Crippen LogP contribution in [-0.2, 0) is 17.8 Å². The number of benzene rings is 2. The number of hydrogen-bond donors (Lipinski definition) is 2.